The molecule has 4 heteroatoms. The maximum Gasteiger partial charge on any atom is 0.188 e. The summed E-state index contributed by atoms with van der Waals surface area (Å²) in [7, 11) is 1.71. The van der Waals surface area contributed by atoms with Crippen molar-refractivity contribution < 1.29 is 19.0 Å². The second-order valence-corrected chi connectivity index (χ2v) is 10.3. The molecule has 6 rings (SSSR count). The Morgan fingerprint density at radius 3 is 2.55 bits per heavy atom. The summed E-state index contributed by atoms with van der Waals surface area (Å²) >= 11 is 0. The van der Waals surface area contributed by atoms with Gasteiger partial charge in [-0.25, -0.2) is 0 Å². The summed E-state index contributed by atoms with van der Waals surface area (Å²) in [5.41, 5.74) is 5.73. The standard InChI is InChI=1S/C27H32O4/c1-26-16-22(17-3-6-19(29-2)7-4-17)25-20-11-12-27(30-13-14-31-27)15-18(20)5-8-21(25)23(26)9-10-24(26)28/h3-4,6-7,15,21-23H,5,8-14,16H2,1-2H3/t21-,22+,23-,26-/m0/s1. The minimum absolute atomic E-state index is 0.186. The van der Waals surface area contributed by atoms with Crippen LogP contribution in [0.5, 0.6) is 5.75 Å². The molecule has 1 saturated heterocycles. The molecule has 0 radical (unpaired) electrons. The van der Waals surface area contributed by atoms with Crippen LogP contribution >= 0.6 is 0 Å². The zero-order valence-electron chi connectivity index (χ0n) is 18.6. The number of benzene rings is 1. The average Bonchev–Trinajstić information content (AvgIpc) is 3.37. The minimum atomic E-state index is -0.492. The number of ketones is 1. The predicted octanol–water partition coefficient (Wildman–Crippen LogP) is 5.34. The number of Topliss-reactive ketones (excluding diaryl/α,β-unsaturated/α-hetero) is 1. The number of fused-ring (bicyclic) bond motifs is 4. The molecule has 3 fully saturated rings. The monoisotopic (exact) mass is 420 g/mol. The summed E-state index contributed by atoms with van der Waals surface area (Å²) in [4.78, 5) is 13.1. The molecule has 5 aliphatic rings. The van der Waals surface area contributed by atoms with Crippen LogP contribution in [0.15, 0.2) is 47.1 Å². The van der Waals surface area contributed by atoms with Gasteiger partial charge >= 0.3 is 0 Å². The number of carbonyl (C=O) groups excluding carboxylic acids is 1. The average molecular weight is 421 g/mol. The van der Waals surface area contributed by atoms with Gasteiger partial charge in [0.1, 0.15) is 11.5 Å². The lowest BCUT2D eigenvalue weighted by Gasteiger charge is -2.50. The summed E-state index contributed by atoms with van der Waals surface area (Å²) in [6.45, 7) is 3.64. The zero-order chi connectivity index (χ0) is 21.2. The molecule has 1 spiro atoms. The molecular formula is C27H32O4. The minimum Gasteiger partial charge on any atom is -0.497 e. The number of hydrogen-bond acceptors (Lipinski definition) is 4. The first-order valence-corrected chi connectivity index (χ1v) is 11.9. The van der Waals surface area contributed by atoms with E-state index in [0.29, 0.717) is 36.8 Å². The number of ether oxygens (including phenoxy) is 3. The Morgan fingerprint density at radius 2 is 1.81 bits per heavy atom. The van der Waals surface area contributed by atoms with Gasteiger partial charge in [-0.05, 0) is 78.9 Å². The fraction of sp³-hybridized carbons (Fsp3) is 0.593. The molecule has 164 valence electrons. The molecule has 4 nitrogen and oxygen atoms in total. The summed E-state index contributed by atoms with van der Waals surface area (Å²) in [6.07, 6.45) is 9.17. The van der Waals surface area contributed by atoms with Crippen molar-refractivity contribution in [1.29, 1.82) is 0 Å². The highest BCUT2D eigenvalue weighted by atomic mass is 16.7. The SMILES string of the molecule is COc1ccc([C@H]2C[C@]3(C)C(=O)CC[C@H]3[C@@H]3CCC4=CC5(CCC4=C32)OCCO5)cc1. The molecule has 0 unspecified atom stereocenters. The van der Waals surface area contributed by atoms with E-state index in [1.54, 1.807) is 18.3 Å². The van der Waals surface area contributed by atoms with Crippen molar-refractivity contribution in [2.24, 2.45) is 17.3 Å². The van der Waals surface area contributed by atoms with Crippen LogP contribution in [0.25, 0.3) is 0 Å². The third kappa shape index (κ3) is 2.91. The van der Waals surface area contributed by atoms with Gasteiger partial charge in [-0.1, -0.05) is 24.6 Å². The van der Waals surface area contributed by atoms with Crippen molar-refractivity contribution in [3.63, 3.8) is 0 Å². The van der Waals surface area contributed by atoms with E-state index in [4.69, 9.17) is 14.2 Å². The quantitative estimate of drug-likeness (QED) is 0.648. The molecule has 0 aromatic heterocycles. The fourth-order valence-corrected chi connectivity index (χ4v) is 7.39. The van der Waals surface area contributed by atoms with Crippen LogP contribution in [0.3, 0.4) is 0 Å². The highest BCUT2D eigenvalue weighted by Crippen LogP contribution is 2.63. The van der Waals surface area contributed by atoms with Crippen LogP contribution in [0, 0.1) is 17.3 Å². The number of methoxy groups -OCH3 is 1. The number of hydrogen-bond donors (Lipinski definition) is 0. The van der Waals surface area contributed by atoms with E-state index in [-0.39, 0.29) is 5.41 Å². The molecule has 1 heterocycles. The summed E-state index contributed by atoms with van der Waals surface area (Å²) in [5, 5.41) is 0. The molecule has 4 atom stereocenters. The largest absolute Gasteiger partial charge is 0.497 e. The van der Waals surface area contributed by atoms with E-state index >= 15 is 0 Å². The maximum absolute atomic E-state index is 13.1. The van der Waals surface area contributed by atoms with Gasteiger partial charge < -0.3 is 14.2 Å². The molecular weight excluding hydrogens is 388 g/mol. The third-order valence-corrected chi connectivity index (χ3v) is 8.90. The predicted molar refractivity (Wildman–Crippen MR) is 118 cm³/mol. The molecule has 1 aromatic rings. The van der Waals surface area contributed by atoms with Gasteiger partial charge in [-0.2, -0.15) is 0 Å². The van der Waals surface area contributed by atoms with Crippen LogP contribution in [0.4, 0.5) is 0 Å². The Labute approximate surface area is 184 Å². The van der Waals surface area contributed by atoms with Gasteiger partial charge in [0.25, 0.3) is 0 Å². The van der Waals surface area contributed by atoms with Crippen molar-refractivity contribution in [3.05, 3.63) is 52.6 Å². The number of carbonyl (C=O) groups is 1. The summed E-state index contributed by atoms with van der Waals surface area (Å²) < 4.78 is 17.5. The Kier molecular flexibility index (Phi) is 4.49. The van der Waals surface area contributed by atoms with E-state index in [2.05, 4.69) is 37.3 Å². The van der Waals surface area contributed by atoms with Crippen molar-refractivity contribution in [1.82, 2.24) is 0 Å². The highest BCUT2D eigenvalue weighted by molar-refractivity contribution is 5.87. The van der Waals surface area contributed by atoms with Crippen LogP contribution in [-0.4, -0.2) is 31.9 Å². The molecule has 0 amide bonds. The summed E-state index contributed by atoms with van der Waals surface area (Å²) in [5.74, 6) is 2.19. The highest BCUT2D eigenvalue weighted by Gasteiger charge is 2.56. The zero-order valence-corrected chi connectivity index (χ0v) is 18.6. The second kappa shape index (κ2) is 7.05. The van der Waals surface area contributed by atoms with Gasteiger partial charge in [-0.15, -0.1) is 0 Å². The van der Waals surface area contributed by atoms with Crippen LogP contribution < -0.4 is 4.74 Å². The van der Waals surface area contributed by atoms with Crippen molar-refractivity contribution in [2.45, 2.75) is 63.6 Å². The Hall–Kier alpha value is -1.91. The summed E-state index contributed by atoms with van der Waals surface area (Å²) in [6, 6.07) is 8.55. The topological polar surface area (TPSA) is 44.8 Å². The normalized spacial score (nSPS) is 36.1. The van der Waals surface area contributed by atoms with E-state index in [1.807, 2.05) is 0 Å². The first-order chi connectivity index (χ1) is 15.0. The van der Waals surface area contributed by atoms with E-state index in [1.165, 1.54) is 11.1 Å². The van der Waals surface area contributed by atoms with Crippen LogP contribution in [-0.2, 0) is 14.3 Å². The lowest BCUT2D eigenvalue weighted by atomic mass is 9.53. The van der Waals surface area contributed by atoms with E-state index in [9.17, 15) is 4.79 Å². The first kappa shape index (κ1) is 19.8. The van der Waals surface area contributed by atoms with Crippen molar-refractivity contribution >= 4 is 5.78 Å². The number of rotatable bonds is 2. The molecule has 1 aliphatic heterocycles. The molecule has 4 aliphatic carbocycles. The van der Waals surface area contributed by atoms with Crippen molar-refractivity contribution in [3.8, 4) is 5.75 Å². The second-order valence-electron chi connectivity index (χ2n) is 10.3. The molecule has 2 saturated carbocycles. The molecule has 0 N–H and O–H groups in total. The Balaban J connectivity index is 1.48. The van der Waals surface area contributed by atoms with Gasteiger partial charge in [-0.3, -0.25) is 4.79 Å². The van der Waals surface area contributed by atoms with Gasteiger partial charge in [0, 0.05) is 24.2 Å². The lowest BCUT2D eigenvalue weighted by molar-refractivity contribution is -0.128. The molecule has 31 heavy (non-hydrogen) atoms. The molecule has 1 aromatic carbocycles. The molecule has 0 bridgehead atoms. The van der Waals surface area contributed by atoms with Gasteiger partial charge in [0.15, 0.2) is 5.79 Å². The van der Waals surface area contributed by atoms with Gasteiger partial charge in [0.2, 0.25) is 0 Å². The Bertz CT molecular complexity index is 965. The number of allylic oxidation sites excluding steroid dienone is 3. The lowest BCUT2D eigenvalue weighted by Crippen LogP contribution is -2.44. The maximum atomic E-state index is 13.1. The smallest absolute Gasteiger partial charge is 0.188 e. The van der Waals surface area contributed by atoms with Gasteiger partial charge in [0.05, 0.1) is 20.3 Å². The first-order valence-electron chi connectivity index (χ1n) is 11.9. The van der Waals surface area contributed by atoms with E-state index < -0.39 is 5.79 Å². The fourth-order valence-electron chi connectivity index (χ4n) is 7.39. The van der Waals surface area contributed by atoms with Crippen LogP contribution in [0.2, 0.25) is 0 Å². The van der Waals surface area contributed by atoms with E-state index in [0.717, 1.165) is 50.7 Å². The van der Waals surface area contributed by atoms with Crippen molar-refractivity contribution in [2.75, 3.05) is 20.3 Å². The Morgan fingerprint density at radius 1 is 1.03 bits per heavy atom. The third-order valence-electron chi connectivity index (χ3n) is 8.90. The van der Waals surface area contributed by atoms with Crippen LogP contribution in [0.1, 0.15) is 63.4 Å².